The molecule has 0 radical (unpaired) electrons. The van der Waals surface area contributed by atoms with Crippen molar-refractivity contribution >= 4 is 33.3 Å². The van der Waals surface area contributed by atoms with E-state index in [1.165, 1.54) is 19.3 Å². The van der Waals surface area contributed by atoms with Gasteiger partial charge in [0.1, 0.15) is 22.4 Å². The highest BCUT2D eigenvalue weighted by atomic mass is 32.1. The van der Waals surface area contributed by atoms with Crippen LogP contribution in [-0.2, 0) is 6.42 Å². The van der Waals surface area contributed by atoms with Crippen molar-refractivity contribution in [2.24, 2.45) is 5.92 Å². The predicted octanol–water partition coefficient (Wildman–Crippen LogP) is 3.67. The van der Waals surface area contributed by atoms with E-state index >= 15 is 0 Å². The van der Waals surface area contributed by atoms with Gasteiger partial charge in [-0.15, -0.1) is 11.3 Å². The molecule has 2 saturated carbocycles. The number of hydrogen-bond donors (Lipinski definition) is 5. The summed E-state index contributed by atoms with van der Waals surface area (Å²) in [5.41, 5.74) is 3.48. The van der Waals surface area contributed by atoms with E-state index in [0.717, 1.165) is 57.9 Å². The Bertz CT molecular complexity index is 1200. The molecular weight excluding hydrogens is 476 g/mol. The van der Waals surface area contributed by atoms with Crippen molar-refractivity contribution in [3.63, 3.8) is 0 Å². The third-order valence-corrected chi connectivity index (χ3v) is 8.51. The third-order valence-electron chi connectivity index (χ3n) is 7.47. The number of nitrogens with one attached hydrogen (secondary N) is 2. The lowest BCUT2D eigenvalue weighted by Gasteiger charge is -2.25. The van der Waals surface area contributed by atoms with Crippen LogP contribution in [0.2, 0.25) is 0 Å². The molecule has 2 aliphatic carbocycles. The molecule has 3 aromatic rings. The number of aryl methyl sites for hydroxylation is 2. The smallest absolute Gasteiger partial charge is 0.225 e. The van der Waals surface area contributed by atoms with Crippen LogP contribution < -0.4 is 10.6 Å². The zero-order valence-electron chi connectivity index (χ0n) is 20.9. The number of hydrogen-bond acceptors (Lipinski definition) is 10. The summed E-state index contributed by atoms with van der Waals surface area (Å²) in [5, 5.41) is 38.4. The monoisotopic (exact) mass is 512 g/mol. The Labute approximate surface area is 215 Å². The highest BCUT2D eigenvalue weighted by molar-refractivity contribution is 7.21. The molecule has 4 atom stereocenters. The fourth-order valence-corrected chi connectivity index (χ4v) is 6.57. The fraction of sp³-hybridized carbons (Fsp3) is 0.615. The normalized spacial score (nSPS) is 24.9. The van der Waals surface area contributed by atoms with Crippen molar-refractivity contribution in [3.8, 4) is 10.6 Å². The van der Waals surface area contributed by atoms with Gasteiger partial charge in [-0.1, -0.05) is 32.6 Å². The van der Waals surface area contributed by atoms with E-state index in [2.05, 4.69) is 22.5 Å². The number of aromatic nitrogens is 4. The second kappa shape index (κ2) is 10.9. The maximum absolute atomic E-state index is 10.7. The molecule has 0 bridgehead atoms. The van der Waals surface area contributed by atoms with Crippen LogP contribution in [0.1, 0.15) is 63.3 Å². The van der Waals surface area contributed by atoms with Crippen molar-refractivity contribution in [2.75, 3.05) is 17.2 Å². The number of pyridine rings is 1. The molecule has 0 amide bonds. The molecule has 0 unspecified atom stereocenters. The molecule has 10 heteroatoms. The van der Waals surface area contributed by atoms with Crippen LogP contribution in [0, 0.1) is 12.8 Å². The zero-order chi connectivity index (χ0) is 25.2. The van der Waals surface area contributed by atoms with E-state index in [1.54, 1.807) is 11.3 Å². The summed E-state index contributed by atoms with van der Waals surface area (Å²) in [7, 11) is 0. The largest absolute Gasteiger partial charge is 0.396 e. The lowest BCUT2D eigenvalue weighted by atomic mass is 9.96. The van der Waals surface area contributed by atoms with Gasteiger partial charge in [-0.2, -0.15) is 4.98 Å². The Morgan fingerprint density at radius 3 is 2.58 bits per heavy atom. The van der Waals surface area contributed by atoms with E-state index < -0.39 is 18.2 Å². The van der Waals surface area contributed by atoms with Crippen LogP contribution in [-0.4, -0.2) is 66.2 Å². The van der Waals surface area contributed by atoms with Crippen molar-refractivity contribution in [1.82, 2.24) is 19.9 Å². The number of nitrogens with zero attached hydrogens (tertiary/aromatic N) is 4. The quantitative estimate of drug-likeness (QED) is 0.306. The Morgan fingerprint density at radius 1 is 1.06 bits per heavy atom. The SMILES string of the molecule is CCCc1nccc2sc(-c3c(C)nc(NC4CCCCC4)nc3N[C@@H]3C[C@H](CO)[C@@H](O)[C@H]3O)nc12. The van der Waals surface area contributed by atoms with Gasteiger partial charge in [0.15, 0.2) is 0 Å². The minimum atomic E-state index is -1.00. The van der Waals surface area contributed by atoms with E-state index in [1.807, 2.05) is 19.2 Å². The van der Waals surface area contributed by atoms with Crippen molar-refractivity contribution in [1.29, 1.82) is 0 Å². The molecule has 3 heterocycles. The number of rotatable bonds is 8. The van der Waals surface area contributed by atoms with Gasteiger partial charge in [0.05, 0.1) is 33.8 Å². The molecule has 0 spiro atoms. The van der Waals surface area contributed by atoms with Crippen LogP contribution in [0.25, 0.3) is 20.8 Å². The Morgan fingerprint density at radius 2 is 1.86 bits per heavy atom. The van der Waals surface area contributed by atoms with Gasteiger partial charge in [0.2, 0.25) is 5.95 Å². The van der Waals surface area contributed by atoms with Gasteiger partial charge < -0.3 is 26.0 Å². The van der Waals surface area contributed by atoms with Gasteiger partial charge in [-0.3, -0.25) is 4.98 Å². The topological polar surface area (TPSA) is 136 Å². The van der Waals surface area contributed by atoms with Crippen LogP contribution in [0.3, 0.4) is 0 Å². The third kappa shape index (κ3) is 5.04. The summed E-state index contributed by atoms with van der Waals surface area (Å²) in [6.07, 6.45) is 8.01. The first kappa shape index (κ1) is 25.3. The summed E-state index contributed by atoms with van der Waals surface area (Å²) in [4.78, 5) is 19.2. The Balaban J connectivity index is 1.54. The molecule has 2 aliphatic rings. The lowest BCUT2D eigenvalue weighted by molar-refractivity contribution is 0.00446. The summed E-state index contributed by atoms with van der Waals surface area (Å²) in [6, 6.07) is 1.89. The summed E-state index contributed by atoms with van der Waals surface area (Å²) < 4.78 is 1.06. The van der Waals surface area contributed by atoms with Gasteiger partial charge >= 0.3 is 0 Å². The van der Waals surface area contributed by atoms with Crippen molar-refractivity contribution in [2.45, 2.75) is 89.5 Å². The first-order chi connectivity index (χ1) is 17.5. The molecule has 0 aliphatic heterocycles. The highest BCUT2D eigenvalue weighted by Crippen LogP contribution is 2.39. The first-order valence-electron chi connectivity index (χ1n) is 13.1. The molecular formula is C26H36N6O3S. The van der Waals surface area contributed by atoms with E-state index in [-0.39, 0.29) is 12.5 Å². The average Bonchev–Trinajstić information content (AvgIpc) is 3.41. The Hall–Kier alpha value is -2.40. The second-order valence-corrected chi connectivity index (χ2v) is 11.1. The van der Waals surface area contributed by atoms with Crippen LogP contribution >= 0.6 is 11.3 Å². The van der Waals surface area contributed by atoms with Crippen LogP contribution in [0.4, 0.5) is 11.8 Å². The average molecular weight is 513 g/mol. The first-order valence-corrected chi connectivity index (χ1v) is 13.9. The van der Waals surface area contributed by atoms with Crippen molar-refractivity contribution in [3.05, 3.63) is 23.7 Å². The lowest BCUT2D eigenvalue weighted by Crippen LogP contribution is -2.36. The Kier molecular flexibility index (Phi) is 7.66. The van der Waals surface area contributed by atoms with Gasteiger partial charge in [-0.25, -0.2) is 9.97 Å². The number of fused-ring (bicyclic) bond motifs is 1. The van der Waals surface area contributed by atoms with Crippen LogP contribution in [0.5, 0.6) is 0 Å². The van der Waals surface area contributed by atoms with Crippen LogP contribution in [0.15, 0.2) is 12.3 Å². The molecule has 5 N–H and O–H groups in total. The molecule has 36 heavy (non-hydrogen) atoms. The maximum Gasteiger partial charge on any atom is 0.225 e. The molecule has 0 saturated heterocycles. The summed E-state index contributed by atoms with van der Waals surface area (Å²) in [6.45, 7) is 3.92. The van der Waals surface area contributed by atoms with Gasteiger partial charge in [-0.05, 0) is 38.7 Å². The molecule has 5 rings (SSSR count). The molecule has 0 aromatic carbocycles. The van der Waals surface area contributed by atoms with E-state index in [0.29, 0.717) is 24.2 Å². The number of aliphatic hydroxyl groups excluding tert-OH is 3. The number of anilines is 2. The fourth-order valence-electron chi connectivity index (χ4n) is 5.49. The van der Waals surface area contributed by atoms with E-state index in [9.17, 15) is 15.3 Å². The number of aliphatic hydroxyl groups is 3. The minimum absolute atomic E-state index is 0.175. The standard InChI is InChI=1S/C26H36N6O3S/c1-3-7-17-21-19(10-11-27-17)36-25(31-21)20-14(2)28-26(29-16-8-5-4-6-9-16)32-24(20)30-18-12-15(13-33)22(34)23(18)35/h10-11,15-16,18,22-23,33-35H,3-9,12-13H2,1-2H3,(H2,28,29,30,32)/t15-,18-,22-,23+/m1/s1. The van der Waals surface area contributed by atoms with Crippen molar-refractivity contribution < 1.29 is 15.3 Å². The molecule has 9 nitrogen and oxygen atoms in total. The maximum atomic E-state index is 10.7. The highest BCUT2D eigenvalue weighted by Gasteiger charge is 2.41. The predicted molar refractivity (Wildman–Crippen MR) is 142 cm³/mol. The summed E-state index contributed by atoms with van der Waals surface area (Å²) in [5.74, 6) is 0.764. The van der Waals surface area contributed by atoms with E-state index in [4.69, 9.17) is 15.0 Å². The van der Waals surface area contributed by atoms with Gasteiger partial charge in [0, 0.05) is 24.8 Å². The molecule has 2 fully saturated rings. The molecule has 3 aromatic heterocycles. The molecule has 194 valence electrons. The summed E-state index contributed by atoms with van der Waals surface area (Å²) >= 11 is 1.58. The minimum Gasteiger partial charge on any atom is -0.396 e. The number of thiazole rings is 1. The second-order valence-electron chi connectivity index (χ2n) is 10.1. The zero-order valence-corrected chi connectivity index (χ0v) is 21.8. The van der Waals surface area contributed by atoms with Gasteiger partial charge in [0.25, 0.3) is 0 Å².